The zero-order chi connectivity index (χ0) is 17.5. The number of carbonyl (C=O) groups excluding carboxylic acids is 1. The van der Waals surface area contributed by atoms with Gasteiger partial charge in [0.15, 0.2) is 11.5 Å². The number of phenolic OH excluding ortho intramolecular Hbond substituents is 1. The Kier molecular flexibility index (Phi) is 5.46. The van der Waals surface area contributed by atoms with Gasteiger partial charge in [0.05, 0.1) is 12.0 Å². The van der Waals surface area contributed by atoms with Crippen LogP contribution in [-0.2, 0) is 4.79 Å². The number of benzene rings is 2. The molecule has 0 fully saturated rings. The third-order valence-corrected chi connectivity index (χ3v) is 3.17. The van der Waals surface area contributed by atoms with Gasteiger partial charge >= 0.3 is 5.69 Å². The molecule has 0 saturated heterocycles. The van der Waals surface area contributed by atoms with Crippen LogP contribution in [0.15, 0.2) is 54.6 Å². The fraction of sp³-hybridized carbons (Fsp3) is 0.0556. The van der Waals surface area contributed by atoms with Crippen LogP contribution in [0.4, 0.5) is 5.69 Å². The SMILES string of the molecule is COc1cccc(/C=C/C(=O)/C=C/c2ccc(O)c([N+](=O)[O-])c2)c1. The lowest BCUT2D eigenvalue weighted by Crippen LogP contribution is -1.90. The molecule has 2 aromatic carbocycles. The molecule has 24 heavy (non-hydrogen) atoms. The van der Waals surface area contributed by atoms with Crippen molar-refractivity contribution in [3.63, 3.8) is 0 Å². The molecule has 122 valence electrons. The summed E-state index contributed by atoms with van der Waals surface area (Å²) in [4.78, 5) is 21.9. The van der Waals surface area contributed by atoms with Gasteiger partial charge < -0.3 is 9.84 Å². The first-order valence-electron chi connectivity index (χ1n) is 7.01. The second kappa shape index (κ2) is 7.73. The minimum absolute atomic E-state index is 0.270. The maximum Gasteiger partial charge on any atom is 0.311 e. The lowest BCUT2D eigenvalue weighted by atomic mass is 10.1. The van der Waals surface area contributed by atoms with E-state index in [1.807, 2.05) is 12.1 Å². The van der Waals surface area contributed by atoms with Gasteiger partial charge in [-0.05, 0) is 41.5 Å². The van der Waals surface area contributed by atoms with Gasteiger partial charge in [-0.25, -0.2) is 0 Å². The van der Waals surface area contributed by atoms with E-state index in [-0.39, 0.29) is 5.78 Å². The van der Waals surface area contributed by atoms with E-state index in [1.165, 1.54) is 36.4 Å². The highest BCUT2D eigenvalue weighted by atomic mass is 16.6. The van der Waals surface area contributed by atoms with Gasteiger partial charge in [-0.1, -0.05) is 30.4 Å². The minimum atomic E-state index is -0.683. The Hall–Kier alpha value is -3.41. The molecule has 0 aliphatic carbocycles. The van der Waals surface area contributed by atoms with E-state index >= 15 is 0 Å². The number of hydrogen-bond donors (Lipinski definition) is 1. The standard InChI is InChI=1S/C18H15NO5/c1-24-16-4-2-3-13(11-16)5-8-15(20)9-6-14-7-10-18(21)17(12-14)19(22)23/h2-12,21H,1H3/b8-5+,9-6+. The van der Waals surface area contributed by atoms with Crippen molar-refractivity contribution in [3.8, 4) is 11.5 Å². The molecule has 0 aliphatic rings. The highest BCUT2D eigenvalue weighted by Crippen LogP contribution is 2.26. The summed E-state index contributed by atoms with van der Waals surface area (Å²) in [5, 5.41) is 20.1. The van der Waals surface area contributed by atoms with Gasteiger partial charge in [-0.3, -0.25) is 14.9 Å². The molecule has 0 saturated carbocycles. The summed E-state index contributed by atoms with van der Waals surface area (Å²) in [5.41, 5.74) is 0.857. The van der Waals surface area contributed by atoms with Crippen molar-refractivity contribution in [2.24, 2.45) is 0 Å². The zero-order valence-electron chi connectivity index (χ0n) is 12.9. The molecule has 0 amide bonds. The average Bonchev–Trinajstić information content (AvgIpc) is 2.59. The van der Waals surface area contributed by atoms with E-state index in [0.29, 0.717) is 11.3 Å². The lowest BCUT2D eigenvalue weighted by Gasteiger charge is -1.99. The molecule has 2 rings (SSSR count). The smallest absolute Gasteiger partial charge is 0.311 e. The van der Waals surface area contributed by atoms with E-state index in [2.05, 4.69) is 0 Å². The normalized spacial score (nSPS) is 11.0. The van der Waals surface area contributed by atoms with Gasteiger partial charge in [0, 0.05) is 6.07 Å². The zero-order valence-corrected chi connectivity index (χ0v) is 12.9. The molecule has 6 heteroatoms. The molecule has 1 N–H and O–H groups in total. The van der Waals surface area contributed by atoms with Crippen LogP contribution in [0.5, 0.6) is 11.5 Å². The predicted octanol–water partition coefficient (Wildman–Crippen LogP) is 3.60. The van der Waals surface area contributed by atoms with E-state index in [4.69, 9.17) is 4.74 Å². The number of allylic oxidation sites excluding steroid dienone is 2. The van der Waals surface area contributed by atoms with Crippen molar-refractivity contribution in [3.05, 3.63) is 75.9 Å². The Morgan fingerprint density at radius 2 is 1.79 bits per heavy atom. The Morgan fingerprint density at radius 1 is 1.12 bits per heavy atom. The number of ether oxygens (including phenoxy) is 1. The number of nitro groups is 1. The summed E-state index contributed by atoms with van der Waals surface area (Å²) in [6.07, 6.45) is 5.78. The summed E-state index contributed by atoms with van der Waals surface area (Å²) in [7, 11) is 1.56. The third kappa shape index (κ3) is 4.54. The number of hydrogen-bond acceptors (Lipinski definition) is 5. The molecule has 0 bridgehead atoms. The number of aromatic hydroxyl groups is 1. The second-order valence-electron chi connectivity index (χ2n) is 4.85. The molecule has 0 aromatic heterocycles. The fourth-order valence-corrected chi connectivity index (χ4v) is 1.95. The summed E-state index contributed by atoms with van der Waals surface area (Å²) in [6.45, 7) is 0. The number of nitro benzene ring substituents is 1. The van der Waals surface area contributed by atoms with Crippen LogP contribution in [0.3, 0.4) is 0 Å². The molecule has 0 atom stereocenters. The van der Waals surface area contributed by atoms with Crippen molar-refractivity contribution >= 4 is 23.6 Å². The van der Waals surface area contributed by atoms with Crippen LogP contribution in [0, 0.1) is 10.1 Å². The van der Waals surface area contributed by atoms with Gasteiger partial charge in [0.25, 0.3) is 0 Å². The van der Waals surface area contributed by atoms with Crippen molar-refractivity contribution in [2.45, 2.75) is 0 Å². The quantitative estimate of drug-likeness (QED) is 0.498. The Balaban J connectivity index is 2.09. The number of carbonyl (C=O) groups is 1. The Morgan fingerprint density at radius 3 is 2.42 bits per heavy atom. The van der Waals surface area contributed by atoms with E-state index in [0.717, 1.165) is 5.56 Å². The number of phenols is 1. The summed E-state index contributed by atoms with van der Waals surface area (Å²) in [5.74, 6) is 0.00601. The molecule has 0 unspecified atom stereocenters. The average molecular weight is 325 g/mol. The van der Waals surface area contributed by atoms with Crippen LogP contribution >= 0.6 is 0 Å². The monoisotopic (exact) mass is 325 g/mol. The third-order valence-electron chi connectivity index (χ3n) is 3.17. The molecular formula is C18H15NO5. The molecule has 2 aromatic rings. The van der Waals surface area contributed by atoms with Crippen LogP contribution in [0.25, 0.3) is 12.2 Å². The van der Waals surface area contributed by atoms with Gasteiger partial charge in [-0.15, -0.1) is 0 Å². The molecule has 0 radical (unpaired) electrons. The highest BCUT2D eigenvalue weighted by Gasteiger charge is 2.12. The highest BCUT2D eigenvalue weighted by molar-refractivity contribution is 6.04. The van der Waals surface area contributed by atoms with Crippen molar-refractivity contribution < 1.29 is 19.6 Å². The van der Waals surface area contributed by atoms with E-state index < -0.39 is 16.4 Å². The minimum Gasteiger partial charge on any atom is -0.502 e. The molecular weight excluding hydrogens is 310 g/mol. The molecule has 0 spiro atoms. The Bertz CT molecular complexity index is 824. The topological polar surface area (TPSA) is 89.7 Å². The fourth-order valence-electron chi connectivity index (χ4n) is 1.95. The largest absolute Gasteiger partial charge is 0.502 e. The lowest BCUT2D eigenvalue weighted by molar-refractivity contribution is -0.385. The first kappa shape index (κ1) is 17.0. The number of methoxy groups -OCH3 is 1. The van der Waals surface area contributed by atoms with Crippen molar-refractivity contribution in [2.75, 3.05) is 7.11 Å². The van der Waals surface area contributed by atoms with Crippen LogP contribution < -0.4 is 4.74 Å². The molecule has 0 heterocycles. The van der Waals surface area contributed by atoms with Crippen LogP contribution in [-0.4, -0.2) is 22.9 Å². The van der Waals surface area contributed by atoms with Gasteiger partial charge in [0.2, 0.25) is 0 Å². The van der Waals surface area contributed by atoms with Crippen LogP contribution in [0.2, 0.25) is 0 Å². The molecule has 6 nitrogen and oxygen atoms in total. The van der Waals surface area contributed by atoms with Crippen molar-refractivity contribution in [1.82, 2.24) is 0 Å². The van der Waals surface area contributed by atoms with E-state index in [9.17, 15) is 20.0 Å². The summed E-state index contributed by atoms with van der Waals surface area (Å²) >= 11 is 0. The Labute approximate surface area is 138 Å². The summed E-state index contributed by atoms with van der Waals surface area (Å²) < 4.78 is 5.10. The van der Waals surface area contributed by atoms with Gasteiger partial charge in [0.1, 0.15) is 5.75 Å². The van der Waals surface area contributed by atoms with Crippen LogP contribution in [0.1, 0.15) is 11.1 Å². The maximum atomic E-state index is 11.8. The number of ketones is 1. The van der Waals surface area contributed by atoms with E-state index in [1.54, 1.807) is 25.3 Å². The number of nitrogens with zero attached hydrogens (tertiary/aromatic N) is 1. The second-order valence-corrected chi connectivity index (χ2v) is 4.85. The maximum absolute atomic E-state index is 11.8. The molecule has 0 aliphatic heterocycles. The first-order chi connectivity index (χ1) is 11.5. The predicted molar refractivity (Wildman–Crippen MR) is 90.8 cm³/mol. The number of rotatable bonds is 6. The first-order valence-corrected chi connectivity index (χ1v) is 7.01. The van der Waals surface area contributed by atoms with Gasteiger partial charge in [-0.2, -0.15) is 0 Å². The van der Waals surface area contributed by atoms with Crippen molar-refractivity contribution in [1.29, 1.82) is 0 Å². The summed E-state index contributed by atoms with van der Waals surface area (Å²) in [6, 6.07) is 11.1.